The second-order valence-corrected chi connectivity index (χ2v) is 6.28. The van der Waals surface area contributed by atoms with Crippen molar-refractivity contribution in [1.29, 1.82) is 0 Å². The molecule has 0 N–H and O–H groups in total. The molecule has 0 fully saturated rings. The van der Waals surface area contributed by atoms with Crippen LogP contribution in [0.4, 0.5) is 0 Å². The van der Waals surface area contributed by atoms with Gasteiger partial charge in [0.05, 0.1) is 12.1 Å². The summed E-state index contributed by atoms with van der Waals surface area (Å²) in [6.45, 7) is 5.59. The lowest BCUT2D eigenvalue weighted by molar-refractivity contribution is 0.278. The van der Waals surface area contributed by atoms with Crippen molar-refractivity contribution in [3.63, 3.8) is 0 Å². The molecule has 2 aromatic carbocycles. The summed E-state index contributed by atoms with van der Waals surface area (Å²) in [6, 6.07) is 20.0. The van der Waals surface area contributed by atoms with Gasteiger partial charge in [-0.1, -0.05) is 56.3 Å². The van der Waals surface area contributed by atoms with Crippen LogP contribution in [0.15, 0.2) is 60.7 Å². The first-order valence-electron chi connectivity index (χ1n) is 8.41. The molecule has 0 unspecified atom stereocenters. The summed E-state index contributed by atoms with van der Waals surface area (Å²) in [5, 5.41) is 1.02. The smallest absolute Gasteiger partial charge is 0.217 e. The lowest BCUT2D eigenvalue weighted by atomic mass is 10.1. The van der Waals surface area contributed by atoms with Gasteiger partial charge in [0, 0.05) is 11.5 Å². The fraction of sp³-hybridized carbons (Fsp3) is 0.286. The van der Waals surface area contributed by atoms with Crippen molar-refractivity contribution in [2.75, 3.05) is 6.61 Å². The highest BCUT2D eigenvalue weighted by Crippen LogP contribution is 2.29. The van der Waals surface area contributed by atoms with E-state index in [9.17, 15) is 0 Å². The zero-order valence-electron chi connectivity index (χ0n) is 14.2. The Kier molecular flexibility index (Phi) is 5.32. The molecule has 0 aliphatic carbocycles. The standard InChI is InChI=1S/C21H23NO2/c1-16(2)12-13-23-20-14-21(22-19-11-7-6-10-18(19)20)24-15-17-8-4-3-5-9-17/h3-11,14,16H,12-13,15H2,1-2H3. The number of hydrogen-bond donors (Lipinski definition) is 0. The van der Waals surface area contributed by atoms with Crippen LogP contribution in [0.5, 0.6) is 11.6 Å². The van der Waals surface area contributed by atoms with E-state index < -0.39 is 0 Å². The maximum atomic E-state index is 6.00. The molecule has 124 valence electrons. The van der Waals surface area contributed by atoms with Crippen molar-refractivity contribution >= 4 is 10.9 Å². The quantitative estimate of drug-likeness (QED) is 0.596. The molecule has 0 amide bonds. The normalized spacial score (nSPS) is 11.0. The van der Waals surface area contributed by atoms with Crippen LogP contribution in [0.3, 0.4) is 0 Å². The van der Waals surface area contributed by atoms with Gasteiger partial charge < -0.3 is 9.47 Å². The van der Waals surface area contributed by atoms with Gasteiger partial charge in [-0.3, -0.25) is 0 Å². The molecule has 1 heterocycles. The van der Waals surface area contributed by atoms with Crippen LogP contribution in [-0.4, -0.2) is 11.6 Å². The molecule has 0 saturated carbocycles. The molecular weight excluding hydrogens is 298 g/mol. The van der Waals surface area contributed by atoms with Gasteiger partial charge in [-0.15, -0.1) is 0 Å². The van der Waals surface area contributed by atoms with Crippen molar-refractivity contribution in [2.45, 2.75) is 26.9 Å². The molecule has 0 radical (unpaired) electrons. The molecule has 3 rings (SSSR count). The maximum absolute atomic E-state index is 6.00. The number of ether oxygens (including phenoxy) is 2. The summed E-state index contributed by atoms with van der Waals surface area (Å²) < 4.78 is 11.9. The van der Waals surface area contributed by atoms with E-state index in [0.29, 0.717) is 25.0 Å². The van der Waals surface area contributed by atoms with Crippen LogP contribution < -0.4 is 9.47 Å². The minimum Gasteiger partial charge on any atom is -0.493 e. The fourth-order valence-corrected chi connectivity index (χ4v) is 2.45. The first kappa shape index (κ1) is 16.3. The predicted octanol–water partition coefficient (Wildman–Crippen LogP) is 5.24. The van der Waals surface area contributed by atoms with Crippen LogP contribution >= 0.6 is 0 Å². The van der Waals surface area contributed by atoms with Crippen molar-refractivity contribution in [2.24, 2.45) is 5.92 Å². The number of benzene rings is 2. The van der Waals surface area contributed by atoms with E-state index in [2.05, 4.69) is 18.8 Å². The number of hydrogen-bond acceptors (Lipinski definition) is 3. The summed E-state index contributed by atoms with van der Waals surface area (Å²) in [7, 11) is 0. The Balaban J connectivity index is 1.80. The summed E-state index contributed by atoms with van der Waals surface area (Å²) in [5.41, 5.74) is 2.01. The van der Waals surface area contributed by atoms with Crippen molar-refractivity contribution in [1.82, 2.24) is 4.98 Å². The first-order valence-corrected chi connectivity index (χ1v) is 8.41. The number of rotatable bonds is 7. The summed E-state index contributed by atoms with van der Waals surface area (Å²) in [4.78, 5) is 4.59. The number of nitrogens with zero attached hydrogens (tertiary/aromatic N) is 1. The van der Waals surface area contributed by atoms with Crippen molar-refractivity contribution in [3.05, 3.63) is 66.2 Å². The Bertz CT molecular complexity index is 784. The van der Waals surface area contributed by atoms with Gasteiger partial charge >= 0.3 is 0 Å². The van der Waals surface area contributed by atoms with E-state index in [0.717, 1.165) is 28.6 Å². The second kappa shape index (κ2) is 7.82. The van der Waals surface area contributed by atoms with Gasteiger partial charge in [0.25, 0.3) is 0 Å². The average Bonchev–Trinajstić information content (AvgIpc) is 2.60. The van der Waals surface area contributed by atoms with Gasteiger partial charge in [-0.2, -0.15) is 0 Å². The van der Waals surface area contributed by atoms with Gasteiger partial charge in [0.2, 0.25) is 5.88 Å². The van der Waals surface area contributed by atoms with Crippen molar-refractivity contribution in [3.8, 4) is 11.6 Å². The topological polar surface area (TPSA) is 31.4 Å². The van der Waals surface area contributed by atoms with E-state index >= 15 is 0 Å². The number of fused-ring (bicyclic) bond motifs is 1. The second-order valence-electron chi connectivity index (χ2n) is 6.28. The summed E-state index contributed by atoms with van der Waals surface area (Å²) >= 11 is 0. The van der Waals surface area contributed by atoms with Crippen LogP contribution in [0.2, 0.25) is 0 Å². The minimum absolute atomic E-state index is 0.498. The highest BCUT2D eigenvalue weighted by molar-refractivity contribution is 5.85. The van der Waals surface area contributed by atoms with Crippen LogP contribution in [0.1, 0.15) is 25.8 Å². The highest BCUT2D eigenvalue weighted by atomic mass is 16.5. The summed E-state index contributed by atoms with van der Waals surface area (Å²) in [5.74, 6) is 2.05. The Morgan fingerprint density at radius 1 is 0.917 bits per heavy atom. The Hall–Kier alpha value is -2.55. The average molecular weight is 321 g/mol. The number of pyridine rings is 1. The molecule has 0 aliphatic heterocycles. The Morgan fingerprint density at radius 2 is 1.67 bits per heavy atom. The van der Waals surface area contributed by atoms with Gasteiger partial charge in [-0.25, -0.2) is 4.98 Å². The zero-order valence-corrected chi connectivity index (χ0v) is 14.2. The van der Waals surface area contributed by atoms with Gasteiger partial charge in [-0.05, 0) is 30.0 Å². The molecule has 0 spiro atoms. The highest BCUT2D eigenvalue weighted by Gasteiger charge is 2.08. The van der Waals surface area contributed by atoms with E-state index in [1.807, 2.05) is 60.7 Å². The van der Waals surface area contributed by atoms with Gasteiger partial charge in [0.15, 0.2) is 0 Å². The molecule has 0 saturated heterocycles. The molecule has 3 heteroatoms. The Morgan fingerprint density at radius 3 is 2.46 bits per heavy atom. The first-order chi connectivity index (χ1) is 11.7. The summed E-state index contributed by atoms with van der Waals surface area (Å²) in [6.07, 6.45) is 1.02. The zero-order chi connectivity index (χ0) is 16.8. The lowest BCUT2D eigenvalue weighted by Crippen LogP contribution is -2.03. The monoisotopic (exact) mass is 321 g/mol. The molecule has 0 bridgehead atoms. The van der Waals surface area contributed by atoms with E-state index in [-0.39, 0.29) is 0 Å². The van der Waals surface area contributed by atoms with Crippen LogP contribution in [0.25, 0.3) is 10.9 Å². The van der Waals surface area contributed by atoms with E-state index in [1.54, 1.807) is 0 Å². The molecule has 1 aromatic heterocycles. The SMILES string of the molecule is CC(C)CCOc1cc(OCc2ccccc2)nc2ccccc12. The molecule has 3 aromatic rings. The minimum atomic E-state index is 0.498. The van der Waals surface area contributed by atoms with Crippen molar-refractivity contribution < 1.29 is 9.47 Å². The third kappa shape index (κ3) is 4.25. The molecular formula is C21H23NO2. The van der Waals surface area contributed by atoms with Crippen LogP contribution in [-0.2, 0) is 6.61 Å². The Labute approximate surface area is 143 Å². The number of aromatic nitrogens is 1. The maximum Gasteiger partial charge on any atom is 0.217 e. The molecule has 0 aliphatic rings. The molecule has 3 nitrogen and oxygen atoms in total. The molecule has 0 atom stereocenters. The van der Waals surface area contributed by atoms with Gasteiger partial charge in [0.1, 0.15) is 12.4 Å². The largest absolute Gasteiger partial charge is 0.493 e. The van der Waals surface area contributed by atoms with E-state index in [4.69, 9.17) is 9.47 Å². The van der Waals surface area contributed by atoms with Crippen LogP contribution in [0, 0.1) is 5.92 Å². The van der Waals surface area contributed by atoms with E-state index in [1.165, 1.54) is 0 Å². The molecule has 24 heavy (non-hydrogen) atoms. The third-order valence-electron chi connectivity index (χ3n) is 3.84. The fourth-order valence-electron chi connectivity index (χ4n) is 2.45. The predicted molar refractivity (Wildman–Crippen MR) is 97.5 cm³/mol. The third-order valence-corrected chi connectivity index (χ3v) is 3.84. The number of para-hydroxylation sites is 1. The lowest BCUT2D eigenvalue weighted by Gasteiger charge is -2.13.